The smallest absolute Gasteiger partial charge is 0.344 e. The Kier molecular flexibility index (Phi) is 9.03. The highest BCUT2D eigenvalue weighted by atomic mass is 79.9. The zero-order chi connectivity index (χ0) is 25.4. The fourth-order valence-electron chi connectivity index (χ4n) is 3.23. The number of hydrogen-bond donors (Lipinski definition) is 1. The Morgan fingerprint density at radius 1 is 1.03 bits per heavy atom. The Morgan fingerprint density at radius 3 is 2.51 bits per heavy atom. The second-order valence-corrected chi connectivity index (χ2v) is 8.91. The summed E-state index contributed by atoms with van der Waals surface area (Å²) in [6.07, 6.45) is 1.46. The fourth-order valence-corrected chi connectivity index (χ4v) is 3.67. The average molecular weight is 539 g/mol. The number of ether oxygens (including phenoxy) is 3. The van der Waals surface area contributed by atoms with Crippen molar-refractivity contribution in [2.24, 2.45) is 5.10 Å². The van der Waals surface area contributed by atoms with Gasteiger partial charge in [-0.2, -0.15) is 5.10 Å². The van der Waals surface area contributed by atoms with Gasteiger partial charge in [-0.15, -0.1) is 0 Å². The first-order valence-electron chi connectivity index (χ1n) is 11.0. The molecule has 0 aliphatic heterocycles. The van der Waals surface area contributed by atoms with Crippen LogP contribution in [0.15, 0.2) is 70.2 Å². The molecule has 0 saturated carbocycles. The zero-order valence-corrected chi connectivity index (χ0v) is 21.6. The fraction of sp³-hybridized carbons (Fsp3) is 0.222. The first-order chi connectivity index (χ1) is 16.8. The van der Waals surface area contributed by atoms with E-state index in [-0.39, 0.29) is 24.2 Å². The molecule has 0 radical (unpaired) electrons. The van der Waals surface area contributed by atoms with Gasteiger partial charge < -0.3 is 14.2 Å². The van der Waals surface area contributed by atoms with E-state index in [0.29, 0.717) is 27.1 Å². The van der Waals surface area contributed by atoms with Crippen molar-refractivity contribution >= 4 is 34.0 Å². The molecule has 8 heteroatoms. The molecule has 0 bridgehead atoms. The van der Waals surface area contributed by atoms with Crippen LogP contribution < -0.4 is 19.6 Å². The van der Waals surface area contributed by atoms with Gasteiger partial charge in [0.1, 0.15) is 5.75 Å². The van der Waals surface area contributed by atoms with Crippen LogP contribution in [0.1, 0.15) is 46.8 Å². The van der Waals surface area contributed by atoms with Crippen molar-refractivity contribution < 1.29 is 23.8 Å². The lowest BCUT2D eigenvalue weighted by atomic mass is 10.0. The summed E-state index contributed by atoms with van der Waals surface area (Å²) in [5.74, 6) is 0.684. The number of esters is 1. The normalized spacial score (nSPS) is 10.9. The van der Waals surface area contributed by atoms with Gasteiger partial charge in [-0.1, -0.05) is 38.1 Å². The molecule has 182 valence electrons. The number of halogens is 1. The number of aryl methyl sites for hydroxylation is 1. The van der Waals surface area contributed by atoms with E-state index in [1.54, 1.807) is 36.4 Å². The SMILES string of the molecule is COc1cc(/C=N/NC(=O)COc2cc(C)ccc2C(C)C)ccc1OC(=O)c1ccccc1Br. The predicted octanol–water partition coefficient (Wildman–Crippen LogP) is 5.64. The maximum absolute atomic E-state index is 12.5. The van der Waals surface area contributed by atoms with Gasteiger partial charge in [0, 0.05) is 4.47 Å². The first kappa shape index (κ1) is 26.0. The van der Waals surface area contributed by atoms with Crippen molar-refractivity contribution in [1.82, 2.24) is 5.43 Å². The topological polar surface area (TPSA) is 86.2 Å². The highest BCUT2D eigenvalue weighted by Gasteiger charge is 2.15. The van der Waals surface area contributed by atoms with Crippen molar-refractivity contribution in [1.29, 1.82) is 0 Å². The van der Waals surface area contributed by atoms with Crippen molar-refractivity contribution in [2.75, 3.05) is 13.7 Å². The zero-order valence-electron chi connectivity index (χ0n) is 20.0. The summed E-state index contributed by atoms with van der Waals surface area (Å²) in [6, 6.07) is 17.9. The van der Waals surface area contributed by atoms with Crippen LogP contribution in [0.4, 0.5) is 0 Å². The number of benzene rings is 3. The molecule has 0 atom stereocenters. The molecule has 35 heavy (non-hydrogen) atoms. The number of hydrogen-bond acceptors (Lipinski definition) is 6. The molecule has 0 spiro atoms. The monoisotopic (exact) mass is 538 g/mol. The van der Waals surface area contributed by atoms with Crippen LogP contribution in [-0.4, -0.2) is 31.8 Å². The second-order valence-electron chi connectivity index (χ2n) is 8.06. The summed E-state index contributed by atoms with van der Waals surface area (Å²) in [6.45, 7) is 5.96. The minimum atomic E-state index is -0.515. The highest BCUT2D eigenvalue weighted by Crippen LogP contribution is 2.29. The molecule has 3 aromatic carbocycles. The van der Waals surface area contributed by atoms with Gasteiger partial charge in [-0.05, 0) is 81.9 Å². The molecule has 0 aromatic heterocycles. The molecule has 0 saturated heterocycles. The summed E-state index contributed by atoms with van der Waals surface area (Å²) in [7, 11) is 1.47. The number of carbonyl (C=O) groups is 2. The molecule has 0 fully saturated rings. The molecule has 3 aromatic rings. The summed E-state index contributed by atoms with van der Waals surface area (Å²) < 4.78 is 17.2. The van der Waals surface area contributed by atoms with E-state index in [1.807, 2.05) is 31.2 Å². The standard InChI is InChI=1S/C27H27BrN2O5/c1-17(2)20-11-9-18(3)13-24(20)34-16-26(31)30-29-15-19-10-12-23(25(14-19)33-4)35-27(32)21-7-5-6-8-22(21)28/h5-15,17H,16H2,1-4H3,(H,30,31)/b29-15+. The van der Waals surface area contributed by atoms with Crippen molar-refractivity contribution in [2.45, 2.75) is 26.7 Å². The van der Waals surface area contributed by atoms with Gasteiger partial charge in [0.05, 0.1) is 18.9 Å². The molecule has 1 amide bonds. The average Bonchev–Trinajstić information content (AvgIpc) is 2.83. The van der Waals surface area contributed by atoms with E-state index in [2.05, 4.69) is 40.3 Å². The lowest BCUT2D eigenvalue weighted by Gasteiger charge is -2.14. The van der Waals surface area contributed by atoms with Gasteiger partial charge in [0.25, 0.3) is 5.91 Å². The predicted molar refractivity (Wildman–Crippen MR) is 139 cm³/mol. The first-order valence-corrected chi connectivity index (χ1v) is 11.8. The highest BCUT2D eigenvalue weighted by molar-refractivity contribution is 9.10. The van der Waals surface area contributed by atoms with Crippen LogP contribution in [0.25, 0.3) is 0 Å². The summed E-state index contributed by atoms with van der Waals surface area (Å²) >= 11 is 3.34. The van der Waals surface area contributed by atoms with Gasteiger partial charge >= 0.3 is 5.97 Å². The molecular weight excluding hydrogens is 512 g/mol. The Bertz CT molecular complexity index is 1240. The summed E-state index contributed by atoms with van der Waals surface area (Å²) in [5.41, 5.74) is 5.59. The van der Waals surface area contributed by atoms with Crippen LogP contribution in [0.5, 0.6) is 17.2 Å². The van der Waals surface area contributed by atoms with Crippen LogP contribution in [0, 0.1) is 6.92 Å². The Hall–Kier alpha value is -3.65. The quantitative estimate of drug-likeness (QED) is 0.165. The molecular formula is C27H27BrN2O5. The number of amides is 1. The molecule has 0 aliphatic rings. The number of nitrogens with zero attached hydrogens (tertiary/aromatic N) is 1. The van der Waals surface area contributed by atoms with Crippen molar-refractivity contribution in [3.63, 3.8) is 0 Å². The number of nitrogens with one attached hydrogen (secondary N) is 1. The van der Waals surface area contributed by atoms with Crippen molar-refractivity contribution in [3.05, 3.63) is 87.4 Å². The molecule has 3 rings (SSSR count). The van der Waals surface area contributed by atoms with Gasteiger partial charge in [-0.25, -0.2) is 10.2 Å². The van der Waals surface area contributed by atoms with Crippen LogP contribution in [0.3, 0.4) is 0 Å². The summed E-state index contributed by atoms with van der Waals surface area (Å²) in [4.78, 5) is 24.7. The third-order valence-electron chi connectivity index (χ3n) is 5.04. The maximum Gasteiger partial charge on any atom is 0.344 e. The van der Waals surface area contributed by atoms with Gasteiger partial charge in [-0.3, -0.25) is 4.79 Å². The van der Waals surface area contributed by atoms with Crippen LogP contribution in [0.2, 0.25) is 0 Å². The molecule has 0 heterocycles. The maximum atomic E-state index is 12.5. The third kappa shape index (κ3) is 7.16. The number of carbonyl (C=O) groups excluding carboxylic acids is 2. The van der Waals surface area contributed by atoms with E-state index in [1.165, 1.54) is 13.3 Å². The lowest BCUT2D eigenvalue weighted by Crippen LogP contribution is -2.25. The number of hydrazone groups is 1. The van der Waals surface area contributed by atoms with Crippen LogP contribution >= 0.6 is 15.9 Å². The van der Waals surface area contributed by atoms with E-state index in [0.717, 1.165) is 11.1 Å². The van der Waals surface area contributed by atoms with E-state index in [9.17, 15) is 9.59 Å². The molecule has 0 aliphatic carbocycles. The van der Waals surface area contributed by atoms with E-state index in [4.69, 9.17) is 14.2 Å². The minimum absolute atomic E-state index is 0.159. The van der Waals surface area contributed by atoms with Gasteiger partial charge in [0.15, 0.2) is 18.1 Å². The molecule has 7 nitrogen and oxygen atoms in total. The lowest BCUT2D eigenvalue weighted by molar-refractivity contribution is -0.123. The Morgan fingerprint density at radius 2 is 1.80 bits per heavy atom. The third-order valence-corrected chi connectivity index (χ3v) is 5.73. The summed E-state index contributed by atoms with van der Waals surface area (Å²) in [5, 5.41) is 3.98. The largest absolute Gasteiger partial charge is 0.493 e. The molecule has 1 N–H and O–H groups in total. The Balaban J connectivity index is 1.59. The Labute approximate surface area is 213 Å². The van der Waals surface area contributed by atoms with E-state index >= 15 is 0 Å². The van der Waals surface area contributed by atoms with Crippen molar-refractivity contribution in [3.8, 4) is 17.2 Å². The van der Waals surface area contributed by atoms with Gasteiger partial charge in [0.2, 0.25) is 0 Å². The number of rotatable bonds is 9. The number of methoxy groups -OCH3 is 1. The molecule has 0 unspecified atom stereocenters. The van der Waals surface area contributed by atoms with E-state index < -0.39 is 5.97 Å². The second kappa shape index (κ2) is 12.2. The minimum Gasteiger partial charge on any atom is -0.493 e. The van der Waals surface area contributed by atoms with Crippen LogP contribution in [-0.2, 0) is 4.79 Å².